The van der Waals surface area contributed by atoms with E-state index >= 15 is 0 Å². The second-order valence-corrected chi connectivity index (χ2v) is 2.01. The number of nitrogens with zero attached hydrogens (tertiary/aromatic N) is 1. The first-order valence-corrected chi connectivity index (χ1v) is 2.95. The molecule has 0 fully saturated rings. The molecule has 0 aromatic rings. The van der Waals surface area contributed by atoms with E-state index in [1.165, 1.54) is 0 Å². The Balaban J connectivity index is 3.44. The van der Waals surface area contributed by atoms with E-state index in [1.54, 1.807) is 0 Å². The molecule has 0 aliphatic heterocycles. The van der Waals surface area contributed by atoms with E-state index in [2.05, 4.69) is 0 Å². The van der Waals surface area contributed by atoms with Crippen molar-refractivity contribution in [2.75, 3.05) is 13.1 Å². The first-order valence-electron chi connectivity index (χ1n) is 2.95. The van der Waals surface area contributed by atoms with Crippen LogP contribution in [0.3, 0.4) is 0 Å². The van der Waals surface area contributed by atoms with Crippen LogP contribution in [0.4, 0.5) is 0 Å². The fourth-order valence-corrected chi connectivity index (χ4v) is 0.492. The van der Waals surface area contributed by atoms with Gasteiger partial charge >= 0.3 is 11.9 Å². The summed E-state index contributed by atoms with van der Waals surface area (Å²) in [5.41, 5.74) is 0. The van der Waals surface area contributed by atoms with Crippen LogP contribution in [0.1, 0.15) is 6.42 Å². The van der Waals surface area contributed by atoms with Gasteiger partial charge < -0.3 is 10.2 Å². The maximum atomic E-state index is 9.99. The largest absolute Gasteiger partial charge is 0.481 e. The molecule has 0 saturated heterocycles. The number of hydrogen-bond donors (Lipinski definition) is 3. The van der Waals surface area contributed by atoms with Gasteiger partial charge in [0.25, 0.3) is 0 Å². The van der Waals surface area contributed by atoms with Crippen LogP contribution in [0.15, 0.2) is 0 Å². The summed E-state index contributed by atoms with van der Waals surface area (Å²) in [6, 6.07) is 0. The highest BCUT2D eigenvalue weighted by Crippen LogP contribution is 1.83. The average Bonchev–Trinajstić information content (AvgIpc) is 1.82. The van der Waals surface area contributed by atoms with Crippen LogP contribution in [0, 0.1) is 0 Å². The Morgan fingerprint density at radius 2 is 1.82 bits per heavy atom. The van der Waals surface area contributed by atoms with Gasteiger partial charge in [-0.3, -0.25) is 15.4 Å². The summed E-state index contributed by atoms with van der Waals surface area (Å²) in [6.07, 6.45) is -0.149. The van der Waals surface area contributed by atoms with E-state index in [0.29, 0.717) is 0 Å². The number of carboxylic acids is 2. The van der Waals surface area contributed by atoms with Crippen LogP contribution in [0.5, 0.6) is 0 Å². The van der Waals surface area contributed by atoms with Gasteiger partial charge in [-0.25, -0.2) is 5.01 Å². The zero-order valence-electron chi connectivity index (χ0n) is 5.86. The highest BCUT2D eigenvalue weighted by Gasteiger charge is 2.05. The van der Waals surface area contributed by atoms with Crippen LogP contribution < -0.4 is 5.84 Å². The molecule has 4 N–H and O–H groups in total. The lowest BCUT2D eigenvalue weighted by Crippen LogP contribution is -2.37. The second-order valence-electron chi connectivity index (χ2n) is 2.01. The van der Waals surface area contributed by atoms with Crippen molar-refractivity contribution in [2.24, 2.45) is 5.84 Å². The third-order valence-corrected chi connectivity index (χ3v) is 0.951. The fraction of sp³-hybridized carbons (Fsp3) is 0.600. The third-order valence-electron chi connectivity index (χ3n) is 0.951. The molecule has 6 heteroatoms. The highest BCUT2D eigenvalue weighted by molar-refractivity contribution is 5.69. The van der Waals surface area contributed by atoms with E-state index < -0.39 is 11.9 Å². The van der Waals surface area contributed by atoms with Crippen molar-refractivity contribution in [1.29, 1.82) is 0 Å². The fourth-order valence-electron chi connectivity index (χ4n) is 0.492. The summed E-state index contributed by atoms with van der Waals surface area (Å²) in [5, 5.41) is 17.3. The van der Waals surface area contributed by atoms with Gasteiger partial charge in [-0.1, -0.05) is 0 Å². The predicted molar refractivity (Wildman–Crippen MR) is 35.6 cm³/mol. The van der Waals surface area contributed by atoms with Gasteiger partial charge in [-0.2, -0.15) is 0 Å². The minimum atomic E-state index is -1.07. The molecular weight excluding hydrogens is 152 g/mol. The molecule has 0 aromatic heterocycles. The molecule has 0 saturated carbocycles. The quantitative estimate of drug-likeness (QED) is 0.343. The number of hydrogen-bond acceptors (Lipinski definition) is 4. The van der Waals surface area contributed by atoms with Crippen molar-refractivity contribution in [1.82, 2.24) is 5.01 Å². The van der Waals surface area contributed by atoms with Crippen LogP contribution in [-0.2, 0) is 9.59 Å². The number of hydrazine groups is 1. The van der Waals surface area contributed by atoms with Gasteiger partial charge in [0.1, 0.15) is 6.54 Å². The molecule has 0 aliphatic rings. The average molecular weight is 162 g/mol. The molecule has 0 rings (SSSR count). The Bertz CT molecular complexity index is 159. The van der Waals surface area contributed by atoms with Gasteiger partial charge in [0.2, 0.25) is 0 Å². The molecule has 0 aromatic carbocycles. The Morgan fingerprint density at radius 3 is 2.18 bits per heavy atom. The lowest BCUT2D eigenvalue weighted by molar-refractivity contribution is -0.141. The maximum absolute atomic E-state index is 9.99. The summed E-state index contributed by atoms with van der Waals surface area (Å²) in [5.74, 6) is 3.05. The van der Waals surface area contributed by atoms with Crippen molar-refractivity contribution in [3.63, 3.8) is 0 Å². The van der Waals surface area contributed by atoms with Crippen LogP contribution in [0.2, 0.25) is 0 Å². The molecule has 0 unspecified atom stereocenters. The Kier molecular flexibility index (Phi) is 4.16. The molecule has 0 radical (unpaired) electrons. The second kappa shape index (κ2) is 4.64. The number of carboxylic acid groups (broad SMARTS) is 2. The molecule has 0 bridgehead atoms. The van der Waals surface area contributed by atoms with Crippen molar-refractivity contribution in [3.8, 4) is 0 Å². The van der Waals surface area contributed by atoms with E-state index in [1.807, 2.05) is 0 Å². The molecule has 64 valence electrons. The van der Waals surface area contributed by atoms with Gasteiger partial charge in [0, 0.05) is 6.54 Å². The molecular formula is C5H10N2O4. The first-order chi connectivity index (χ1) is 5.02. The monoisotopic (exact) mass is 162 g/mol. The van der Waals surface area contributed by atoms with E-state index in [9.17, 15) is 9.59 Å². The standard InChI is InChI=1S/C5H10N2O4/c6-7(3-5(10)11)2-1-4(8)9/h1-3,6H2,(H,8,9)(H,10,11). The number of rotatable bonds is 5. The van der Waals surface area contributed by atoms with Gasteiger partial charge in [0.15, 0.2) is 0 Å². The van der Waals surface area contributed by atoms with Crippen molar-refractivity contribution in [2.45, 2.75) is 6.42 Å². The number of carbonyl (C=O) groups is 2. The molecule has 0 atom stereocenters. The van der Waals surface area contributed by atoms with Crippen molar-refractivity contribution < 1.29 is 19.8 Å². The Hall–Kier alpha value is -1.14. The summed E-state index contributed by atoms with van der Waals surface area (Å²) < 4.78 is 0. The SMILES string of the molecule is NN(CCC(=O)O)CC(=O)O. The molecule has 0 aliphatic carbocycles. The minimum absolute atomic E-state index is 0.0433. The number of nitrogens with two attached hydrogens (primary N) is 1. The smallest absolute Gasteiger partial charge is 0.319 e. The summed E-state index contributed by atoms with van der Waals surface area (Å²) in [4.78, 5) is 19.9. The van der Waals surface area contributed by atoms with E-state index in [-0.39, 0.29) is 19.5 Å². The molecule has 0 spiro atoms. The summed E-state index contributed by atoms with van der Waals surface area (Å²) in [7, 11) is 0. The predicted octanol–water partition coefficient (Wildman–Crippen LogP) is -1.28. The lowest BCUT2D eigenvalue weighted by atomic mass is 10.4. The minimum Gasteiger partial charge on any atom is -0.481 e. The Morgan fingerprint density at radius 1 is 1.27 bits per heavy atom. The topological polar surface area (TPSA) is 104 Å². The van der Waals surface area contributed by atoms with E-state index in [0.717, 1.165) is 5.01 Å². The lowest BCUT2D eigenvalue weighted by Gasteiger charge is -2.10. The molecule has 6 nitrogen and oxygen atoms in total. The molecule has 0 amide bonds. The van der Waals surface area contributed by atoms with Gasteiger partial charge in [-0.15, -0.1) is 0 Å². The number of aliphatic carboxylic acids is 2. The summed E-state index contributed by atoms with van der Waals surface area (Å²) in [6.45, 7) is -0.297. The van der Waals surface area contributed by atoms with Crippen molar-refractivity contribution >= 4 is 11.9 Å². The van der Waals surface area contributed by atoms with Crippen molar-refractivity contribution in [3.05, 3.63) is 0 Å². The molecule has 11 heavy (non-hydrogen) atoms. The van der Waals surface area contributed by atoms with E-state index in [4.69, 9.17) is 16.1 Å². The highest BCUT2D eigenvalue weighted by atomic mass is 16.4. The maximum Gasteiger partial charge on any atom is 0.319 e. The van der Waals surface area contributed by atoms with Crippen LogP contribution in [0.25, 0.3) is 0 Å². The van der Waals surface area contributed by atoms with Gasteiger partial charge in [-0.05, 0) is 0 Å². The van der Waals surface area contributed by atoms with Gasteiger partial charge in [0.05, 0.1) is 6.42 Å². The normalized spacial score (nSPS) is 10.0. The van der Waals surface area contributed by atoms with Crippen LogP contribution >= 0.6 is 0 Å². The Labute approximate surface area is 63.2 Å². The summed E-state index contributed by atoms with van der Waals surface area (Å²) >= 11 is 0. The molecule has 0 heterocycles. The third kappa shape index (κ3) is 6.75. The zero-order valence-corrected chi connectivity index (χ0v) is 5.86. The first kappa shape index (κ1) is 9.86. The zero-order chi connectivity index (χ0) is 8.85. The van der Waals surface area contributed by atoms with Crippen LogP contribution in [-0.4, -0.2) is 40.3 Å².